The van der Waals surface area contributed by atoms with Crippen LogP contribution in [0.3, 0.4) is 0 Å². The number of imide groups is 1. The van der Waals surface area contributed by atoms with Crippen LogP contribution in [0, 0.1) is 3.57 Å². The van der Waals surface area contributed by atoms with Crippen molar-refractivity contribution in [3.8, 4) is 11.4 Å². The van der Waals surface area contributed by atoms with E-state index in [2.05, 4.69) is 5.32 Å². The molecule has 0 radical (unpaired) electrons. The fourth-order valence-electron chi connectivity index (χ4n) is 2.44. The maximum Gasteiger partial charge on any atom is 0.262 e. The van der Waals surface area contributed by atoms with Gasteiger partial charge >= 0.3 is 0 Å². The number of hydrogen-bond acceptors (Lipinski definition) is 5. The van der Waals surface area contributed by atoms with Crippen LogP contribution in [0.2, 0.25) is 5.02 Å². The van der Waals surface area contributed by atoms with Crippen molar-refractivity contribution in [2.75, 3.05) is 12.8 Å². The molecular weight excluding hydrogens is 437 g/mol. The van der Waals surface area contributed by atoms with Crippen molar-refractivity contribution in [2.45, 2.75) is 0 Å². The molecule has 3 N–H and O–H groups in total. The number of nitrogens with one attached hydrogen (secondary N) is 1. The molecule has 0 fully saturated rings. The van der Waals surface area contributed by atoms with Crippen LogP contribution >= 0.6 is 34.2 Å². The molecule has 0 aliphatic carbocycles. The number of methoxy groups -OCH3 is 1. The van der Waals surface area contributed by atoms with Gasteiger partial charge in [0.05, 0.1) is 26.8 Å². The Labute approximate surface area is 148 Å². The smallest absolute Gasteiger partial charge is 0.262 e. The third kappa shape index (κ3) is 2.29. The Bertz CT molecular complexity index is 939. The molecule has 1 aromatic heterocycles. The second-order valence-electron chi connectivity index (χ2n) is 4.69. The molecule has 118 valence electrons. The van der Waals surface area contributed by atoms with E-state index in [1.54, 1.807) is 12.1 Å². The number of fused-ring (bicyclic) bond motifs is 1. The maximum atomic E-state index is 12.5. The Morgan fingerprint density at radius 1 is 1.26 bits per heavy atom. The van der Waals surface area contributed by atoms with Gasteiger partial charge in [0.25, 0.3) is 17.4 Å². The number of anilines is 1. The van der Waals surface area contributed by atoms with E-state index >= 15 is 0 Å². The second-order valence-corrected chi connectivity index (χ2v) is 6.26. The Kier molecular flexibility index (Phi) is 3.80. The lowest BCUT2D eigenvalue weighted by Gasteiger charge is -2.17. The van der Waals surface area contributed by atoms with Crippen molar-refractivity contribution in [2.24, 2.45) is 0 Å². The van der Waals surface area contributed by atoms with Crippen LogP contribution in [-0.4, -0.2) is 23.5 Å². The van der Waals surface area contributed by atoms with Gasteiger partial charge in [-0.3, -0.25) is 24.3 Å². The summed E-state index contributed by atoms with van der Waals surface area (Å²) < 4.78 is 7.09. The van der Waals surface area contributed by atoms with Crippen molar-refractivity contribution in [3.05, 3.63) is 48.3 Å². The summed E-state index contributed by atoms with van der Waals surface area (Å²) in [6.07, 6.45) is 0. The van der Waals surface area contributed by atoms with Crippen LogP contribution in [0.1, 0.15) is 20.7 Å². The number of nitrogen functional groups attached to an aromatic ring is 1. The van der Waals surface area contributed by atoms with E-state index in [0.717, 1.165) is 10.6 Å². The second kappa shape index (κ2) is 5.53. The number of benzene rings is 1. The number of ether oxygens (including phenoxy) is 1. The van der Waals surface area contributed by atoms with Crippen molar-refractivity contribution in [1.29, 1.82) is 0 Å². The van der Waals surface area contributed by atoms with E-state index in [9.17, 15) is 14.4 Å². The monoisotopic (exact) mass is 445 g/mol. The molecule has 2 heterocycles. The van der Waals surface area contributed by atoms with Gasteiger partial charge in [-0.15, -0.1) is 0 Å². The Hall–Kier alpha value is -2.07. The molecule has 7 nitrogen and oxygen atoms in total. The molecule has 1 aromatic carbocycles. The predicted octanol–water partition coefficient (Wildman–Crippen LogP) is 1.57. The minimum atomic E-state index is -0.656. The van der Waals surface area contributed by atoms with E-state index in [-0.39, 0.29) is 27.7 Å². The van der Waals surface area contributed by atoms with Crippen molar-refractivity contribution in [3.63, 3.8) is 0 Å². The molecule has 0 atom stereocenters. The van der Waals surface area contributed by atoms with Crippen LogP contribution in [0.5, 0.6) is 5.75 Å². The van der Waals surface area contributed by atoms with Gasteiger partial charge in [-0.2, -0.15) is 0 Å². The lowest BCUT2D eigenvalue weighted by atomic mass is 10.1. The van der Waals surface area contributed by atoms with E-state index in [1.807, 2.05) is 22.6 Å². The van der Waals surface area contributed by atoms with Crippen LogP contribution in [0.4, 0.5) is 5.82 Å². The average molecular weight is 446 g/mol. The van der Waals surface area contributed by atoms with Crippen molar-refractivity contribution >= 4 is 51.8 Å². The molecule has 1 aliphatic heterocycles. The molecule has 0 saturated carbocycles. The molecule has 1 aliphatic rings. The standard InChI is InChI=1S/C14H9ClIN3O4/c1-23-11-7(16)3-2-6(15)10(11)19-8(20)4-5-9(12(19)17)14(22)18-13(5)21/h2-4H,17H2,1H3,(H,18,21,22). The minimum Gasteiger partial charge on any atom is -0.493 e. The number of nitrogens with two attached hydrogens (primary N) is 1. The largest absolute Gasteiger partial charge is 0.493 e. The van der Waals surface area contributed by atoms with E-state index in [1.165, 1.54) is 7.11 Å². The van der Waals surface area contributed by atoms with Gasteiger partial charge in [0.1, 0.15) is 11.5 Å². The zero-order valence-electron chi connectivity index (χ0n) is 11.6. The molecule has 0 bridgehead atoms. The van der Waals surface area contributed by atoms with Crippen LogP contribution in [0.15, 0.2) is 23.0 Å². The van der Waals surface area contributed by atoms with Crippen molar-refractivity contribution < 1.29 is 14.3 Å². The molecule has 0 spiro atoms. The predicted molar refractivity (Wildman–Crippen MR) is 92.5 cm³/mol. The van der Waals surface area contributed by atoms with Crippen LogP contribution < -0.4 is 21.3 Å². The number of nitrogens with zero attached hydrogens (tertiary/aromatic N) is 1. The van der Waals surface area contributed by atoms with E-state index in [0.29, 0.717) is 9.32 Å². The Balaban J connectivity index is 2.43. The number of carbonyl (C=O) groups is 2. The zero-order valence-corrected chi connectivity index (χ0v) is 14.6. The summed E-state index contributed by atoms with van der Waals surface area (Å²) in [4.78, 5) is 36.0. The topological polar surface area (TPSA) is 103 Å². The Morgan fingerprint density at radius 3 is 2.61 bits per heavy atom. The quantitative estimate of drug-likeness (QED) is 0.540. The first-order valence-corrected chi connectivity index (χ1v) is 7.76. The molecule has 2 amide bonds. The molecule has 3 rings (SSSR count). The summed E-state index contributed by atoms with van der Waals surface area (Å²) in [5.74, 6) is -1.13. The summed E-state index contributed by atoms with van der Waals surface area (Å²) in [6, 6.07) is 4.36. The van der Waals surface area contributed by atoms with E-state index in [4.69, 9.17) is 22.1 Å². The first-order valence-electron chi connectivity index (χ1n) is 6.30. The van der Waals surface area contributed by atoms with Gasteiger partial charge in [0.2, 0.25) is 0 Å². The molecule has 0 unspecified atom stereocenters. The zero-order chi connectivity index (χ0) is 16.9. The fraction of sp³-hybridized carbons (Fsp3) is 0.0714. The van der Waals surface area contributed by atoms with Gasteiger partial charge in [0, 0.05) is 6.07 Å². The fourth-order valence-corrected chi connectivity index (χ4v) is 3.32. The number of carbonyl (C=O) groups excluding carboxylic acids is 2. The highest BCUT2D eigenvalue weighted by Crippen LogP contribution is 2.36. The van der Waals surface area contributed by atoms with Gasteiger partial charge in [-0.05, 0) is 34.7 Å². The maximum absolute atomic E-state index is 12.5. The number of pyridine rings is 1. The molecule has 0 saturated heterocycles. The SMILES string of the molecule is COc1c(I)ccc(Cl)c1-n1c(N)c2c(cc1=O)C(=O)NC2=O. The molecule has 2 aromatic rings. The number of amides is 2. The highest BCUT2D eigenvalue weighted by atomic mass is 127. The van der Waals surface area contributed by atoms with Crippen LogP contribution in [-0.2, 0) is 0 Å². The summed E-state index contributed by atoms with van der Waals surface area (Å²) >= 11 is 8.23. The minimum absolute atomic E-state index is 0.0468. The Morgan fingerprint density at radius 2 is 1.96 bits per heavy atom. The van der Waals surface area contributed by atoms with Crippen LogP contribution in [0.25, 0.3) is 5.69 Å². The normalized spacial score (nSPS) is 13.0. The van der Waals surface area contributed by atoms with Gasteiger partial charge in [0.15, 0.2) is 5.75 Å². The van der Waals surface area contributed by atoms with Gasteiger partial charge in [-0.1, -0.05) is 11.6 Å². The van der Waals surface area contributed by atoms with E-state index < -0.39 is 17.4 Å². The first-order chi connectivity index (χ1) is 10.9. The molecule has 9 heteroatoms. The summed E-state index contributed by atoms with van der Waals surface area (Å²) in [7, 11) is 1.43. The van der Waals surface area contributed by atoms with Gasteiger partial charge in [-0.25, -0.2) is 0 Å². The van der Waals surface area contributed by atoms with Crippen molar-refractivity contribution in [1.82, 2.24) is 9.88 Å². The lowest BCUT2D eigenvalue weighted by Crippen LogP contribution is -2.25. The summed E-state index contributed by atoms with van der Waals surface area (Å²) in [6.45, 7) is 0. The number of rotatable bonds is 2. The number of hydrogen-bond donors (Lipinski definition) is 2. The highest BCUT2D eigenvalue weighted by Gasteiger charge is 2.32. The summed E-state index contributed by atoms with van der Waals surface area (Å²) in [5, 5.41) is 2.33. The third-order valence-corrected chi connectivity index (χ3v) is 4.57. The molecule has 23 heavy (non-hydrogen) atoms. The first kappa shape index (κ1) is 15.8. The summed E-state index contributed by atoms with van der Waals surface area (Å²) in [5.41, 5.74) is 5.53. The third-order valence-electron chi connectivity index (χ3n) is 3.42. The average Bonchev–Trinajstić information content (AvgIpc) is 2.77. The van der Waals surface area contributed by atoms with Gasteiger partial charge < -0.3 is 10.5 Å². The number of halogens is 2. The molecular formula is C14H9ClIN3O4. The number of aromatic nitrogens is 1. The highest BCUT2D eigenvalue weighted by molar-refractivity contribution is 14.1. The lowest BCUT2D eigenvalue weighted by molar-refractivity contribution is 0.0880.